The van der Waals surface area contributed by atoms with Gasteiger partial charge in [-0.1, -0.05) is 114 Å². The van der Waals surface area contributed by atoms with Crippen LogP contribution < -0.4 is 5.32 Å². The van der Waals surface area contributed by atoms with Gasteiger partial charge in [0.05, 0.1) is 5.75 Å². The molecule has 4 rings (SSSR count). The number of thioether (sulfide) groups is 1. The van der Waals surface area contributed by atoms with Crippen molar-refractivity contribution < 1.29 is 4.79 Å². The van der Waals surface area contributed by atoms with Gasteiger partial charge in [0, 0.05) is 19.6 Å². The number of rotatable bonds is 11. The zero-order valence-corrected chi connectivity index (χ0v) is 19.9. The van der Waals surface area contributed by atoms with Gasteiger partial charge in [-0.25, -0.2) is 0 Å². The molecule has 0 aliphatic rings. The Balaban J connectivity index is 1.32. The second-order valence-corrected chi connectivity index (χ2v) is 9.74. The lowest BCUT2D eigenvalue weighted by atomic mass is 10.1. The van der Waals surface area contributed by atoms with Crippen molar-refractivity contribution in [2.45, 2.75) is 23.8 Å². The molecule has 0 aliphatic heterocycles. The second-order valence-electron chi connectivity index (χ2n) is 7.54. The minimum Gasteiger partial charge on any atom is -0.356 e. The number of benzene rings is 3. The molecule has 5 nitrogen and oxygen atoms in total. The molecule has 1 N–H and O–H groups in total. The highest BCUT2D eigenvalue weighted by molar-refractivity contribution is 8.01. The lowest BCUT2D eigenvalue weighted by molar-refractivity contribution is -0.128. The van der Waals surface area contributed by atoms with E-state index in [-0.39, 0.29) is 5.91 Å². The Morgan fingerprint density at radius 2 is 1.42 bits per heavy atom. The Bertz CT molecular complexity index is 1120. The first-order valence-electron chi connectivity index (χ1n) is 10.9. The molecule has 0 saturated carbocycles. The quantitative estimate of drug-likeness (QED) is 0.290. The molecule has 0 bridgehead atoms. The van der Waals surface area contributed by atoms with E-state index in [9.17, 15) is 4.79 Å². The van der Waals surface area contributed by atoms with E-state index in [1.165, 1.54) is 34.2 Å². The molecule has 4 aromatic rings. The predicted molar refractivity (Wildman–Crippen MR) is 136 cm³/mol. The average molecular weight is 475 g/mol. The molecular formula is C26H26N4OS2. The standard InChI is InChI=1S/C26H26N4OS2/c31-24(20-32-26-29-28-25(33-26)27-18-22-12-6-2-7-13-22)30(19-23-14-8-3-9-15-23)17-16-21-10-4-1-5-11-21/h1-15H,16-20H2,(H,27,28). The lowest BCUT2D eigenvalue weighted by Gasteiger charge is -2.23. The van der Waals surface area contributed by atoms with Crippen LogP contribution in [0.4, 0.5) is 5.13 Å². The molecule has 0 unspecified atom stereocenters. The molecule has 0 fully saturated rings. The number of nitrogens with zero attached hydrogens (tertiary/aromatic N) is 3. The maximum atomic E-state index is 13.1. The van der Waals surface area contributed by atoms with Crippen molar-refractivity contribution in [3.63, 3.8) is 0 Å². The van der Waals surface area contributed by atoms with E-state index in [1.807, 2.05) is 59.5 Å². The van der Waals surface area contributed by atoms with Gasteiger partial charge in [-0.2, -0.15) is 0 Å². The fourth-order valence-electron chi connectivity index (χ4n) is 3.33. The van der Waals surface area contributed by atoms with Crippen LogP contribution in [0.2, 0.25) is 0 Å². The van der Waals surface area contributed by atoms with Gasteiger partial charge in [0.2, 0.25) is 11.0 Å². The van der Waals surface area contributed by atoms with E-state index in [0.717, 1.165) is 21.5 Å². The van der Waals surface area contributed by atoms with Crippen LogP contribution in [0.5, 0.6) is 0 Å². The Hall–Kier alpha value is -3.16. The third kappa shape index (κ3) is 7.44. The lowest BCUT2D eigenvalue weighted by Crippen LogP contribution is -2.33. The largest absolute Gasteiger partial charge is 0.356 e. The molecule has 0 aliphatic carbocycles. The number of hydrogen-bond donors (Lipinski definition) is 1. The first kappa shape index (κ1) is 23.0. The van der Waals surface area contributed by atoms with Crippen molar-refractivity contribution in [2.75, 3.05) is 17.6 Å². The summed E-state index contributed by atoms with van der Waals surface area (Å²) in [6, 6.07) is 30.6. The molecule has 0 atom stereocenters. The summed E-state index contributed by atoms with van der Waals surface area (Å²) in [5.41, 5.74) is 3.55. The number of amides is 1. The highest BCUT2D eigenvalue weighted by Gasteiger charge is 2.16. The molecule has 168 valence electrons. The van der Waals surface area contributed by atoms with Crippen molar-refractivity contribution in [3.05, 3.63) is 108 Å². The number of carbonyl (C=O) groups is 1. The number of anilines is 1. The van der Waals surface area contributed by atoms with Crippen molar-refractivity contribution in [1.29, 1.82) is 0 Å². The van der Waals surface area contributed by atoms with Gasteiger partial charge in [-0.05, 0) is 23.1 Å². The highest BCUT2D eigenvalue weighted by Crippen LogP contribution is 2.26. The SMILES string of the molecule is O=C(CSc1nnc(NCc2ccccc2)s1)N(CCc1ccccc1)Cc1ccccc1. The minimum absolute atomic E-state index is 0.105. The summed E-state index contributed by atoms with van der Waals surface area (Å²) < 4.78 is 0.793. The summed E-state index contributed by atoms with van der Waals surface area (Å²) in [4.78, 5) is 15.0. The van der Waals surface area contributed by atoms with Crippen molar-refractivity contribution in [2.24, 2.45) is 0 Å². The zero-order chi connectivity index (χ0) is 22.7. The highest BCUT2D eigenvalue weighted by atomic mass is 32.2. The molecule has 3 aromatic carbocycles. The zero-order valence-electron chi connectivity index (χ0n) is 18.3. The maximum absolute atomic E-state index is 13.1. The van der Waals surface area contributed by atoms with Crippen LogP contribution in [0.25, 0.3) is 0 Å². The molecule has 1 amide bonds. The first-order valence-corrected chi connectivity index (χ1v) is 12.7. The van der Waals surface area contributed by atoms with Crippen LogP contribution in [-0.4, -0.2) is 33.3 Å². The van der Waals surface area contributed by atoms with Crippen LogP contribution in [0.1, 0.15) is 16.7 Å². The van der Waals surface area contributed by atoms with Crippen LogP contribution >= 0.6 is 23.1 Å². The minimum atomic E-state index is 0.105. The summed E-state index contributed by atoms with van der Waals surface area (Å²) in [6.45, 7) is 1.98. The van der Waals surface area contributed by atoms with Gasteiger partial charge < -0.3 is 10.2 Å². The van der Waals surface area contributed by atoms with Gasteiger partial charge >= 0.3 is 0 Å². The average Bonchev–Trinajstić information content (AvgIpc) is 3.33. The molecule has 33 heavy (non-hydrogen) atoms. The van der Waals surface area contributed by atoms with Gasteiger partial charge in [-0.15, -0.1) is 10.2 Å². The molecule has 0 spiro atoms. The number of carbonyl (C=O) groups excluding carboxylic acids is 1. The number of hydrogen-bond acceptors (Lipinski definition) is 6. The molecule has 0 saturated heterocycles. The van der Waals surface area contributed by atoms with Gasteiger partial charge in [0.15, 0.2) is 4.34 Å². The van der Waals surface area contributed by atoms with Gasteiger partial charge in [0.1, 0.15) is 0 Å². The predicted octanol–water partition coefficient (Wildman–Crippen LogP) is 5.51. The summed E-state index contributed by atoms with van der Waals surface area (Å²) in [5.74, 6) is 0.448. The van der Waals surface area contributed by atoms with Gasteiger partial charge in [-0.3, -0.25) is 4.79 Å². The summed E-state index contributed by atoms with van der Waals surface area (Å²) in [5, 5.41) is 12.5. The summed E-state index contributed by atoms with van der Waals surface area (Å²) >= 11 is 2.92. The van der Waals surface area contributed by atoms with Crippen LogP contribution in [-0.2, 0) is 24.3 Å². The molecule has 1 heterocycles. The second kappa shape index (κ2) is 12.2. The Morgan fingerprint density at radius 3 is 2.09 bits per heavy atom. The van der Waals surface area contributed by atoms with E-state index in [0.29, 0.717) is 25.4 Å². The molecule has 7 heteroatoms. The normalized spacial score (nSPS) is 10.7. The van der Waals surface area contributed by atoms with E-state index < -0.39 is 0 Å². The van der Waals surface area contributed by atoms with Crippen molar-refractivity contribution >= 4 is 34.1 Å². The molecule has 1 aromatic heterocycles. The third-order valence-corrected chi connectivity index (χ3v) is 7.09. The monoisotopic (exact) mass is 474 g/mol. The Morgan fingerprint density at radius 1 is 0.818 bits per heavy atom. The fraction of sp³-hybridized carbons (Fsp3) is 0.192. The van der Waals surface area contributed by atoms with Crippen molar-refractivity contribution in [1.82, 2.24) is 15.1 Å². The Labute approximate surface area is 202 Å². The smallest absolute Gasteiger partial charge is 0.233 e. The first-order chi connectivity index (χ1) is 16.3. The van der Waals surface area contributed by atoms with Gasteiger partial charge in [0.25, 0.3) is 0 Å². The van der Waals surface area contributed by atoms with E-state index >= 15 is 0 Å². The number of aromatic nitrogens is 2. The van der Waals surface area contributed by atoms with E-state index in [2.05, 4.69) is 51.9 Å². The molecular weight excluding hydrogens is 448 g/mol. The van der Waals surface area contributed by atoms with Crippen LogP contribution in [0.3, 0.4) is 0 Å². The van der Waals surface area contributed by atoms with Crippen LogP contribution in [0.15, 0.2) is 95.3 Å². The number of nitrogens with one attached hydrogen (secondary N) is 1. The topological polar surface area (TPSA) is 58.1 Å². The third-order valence-electron chi connectivity index (χ3n) is 5.09. The fourth-order valence-corrected chi connectivity index (χ4v) is 4.98. The van der Waals surface area contributed by atoms with Crippen molar-refractivity contribution in [3.8, 4) is 0 Å². The Kier molecular flexibility index (Phi) is 8.49. The molecule has 0 radical (unpaired) electrons. The van der Waals surface area contributed by atoms with Crippen LogP contribution in [0, 0.1) is 0 Å². The summed E-state index contributed by atoms with van der Waals surface area (Å²) in [7, 11) is 0. The maximum Gasteiger partial charge on any atom is 0.233 e. The van der Waals surface area contributed by atoms with E-state index in [4.69, 9.17) is 0 Å². The van der Waals surface area contributed by atoms with E-state index in [1.54, 1.807) is 0 Å². The summed E-state index contributed by atoms with van der Waals surface area (Å²) in [6.07, 6.45) is 0.830.